The van der Waals surface area contributed by atoms with Gasteiger partial charge in [-0.25, -0.2) is 4.68 Å². The van der Waals surface area contributed by atoms with E-state index in [1.165, 1.54) is 0 Å². The molecule has 0 aliphatic rings. The highest BCUT2D eigenvalue weighted by atomic mass is 16.5. The summed E-state index contributed by atoms with van der Waals surface area (Å²) in [4.78, 5) is 0. The van der Waals surface area contributed by atoms with Crippen molar-refractivity contribution in [3.8, 4) is 11.6 Å². The normalized spacial score (nSPS) is 10.5. The number of aryl methyl sites for hydroxylation is 1. The third-order valence-electron chi connectivity index (χ3n) is 2.40. The molecule has 0 spiro atoms. The van der Waals surface area contributed by atoms with Gasteiger partial charge in [-0.1, -0.05) is 18.2 Å². The molecule has 4 heteroatoms. The molecule has 0 aliphatic heterocycles. The lowest BCUT2D eigenvalue weighted by atomic mass is 10.3. The first-order valence-corrected chi connectivity index (χ1v) is 5.71. The Labute approximate surface area is 101 Å². The zero-order chi connectivity index (χ0) is 12.1. The average Bonchev–Trinajstić information content (AvgIpc) is 2.72. The predicted octanol–water partition coefficient (Wildman–Crippen LogP) is 1.78. The van der Waals surface area contributed by atoms with E-state index < -0.39 is 0 Å². The summed E-state index contributed by atoms with van der Waals surface area (Å²) >= 11 is 0. The maximum atomic E-state index is 5.69. The van der Waals surface area contributed by atoms with Gasteiger partial charge in [0.15, 0.2) is 0 Å². The third kappa shape index (κ3) is 2.85. The van der Waals surface area contributed by atoms with Crippen LogP contribution >= 0.6 is 0 Å². The van der Waals surface area contributed by atoms with Crippen LogP contribution in [0.15, 0.2) is 36.4 Å². The number of ether oxygens (including phenoxy) is 1. The van der Waals surface area contributed by atoms with Crippen molar-refractivity contribution in [2.45, 2.75) is 6.92 Å². The second-order valence-corrected chi connectivity index (χ2v) is 3.82. The monoisotopic (exact) mass is 231 g/mol. The lowest BCUT2D eigenvalue weighted by molar-refractivity contribution is 0.297. The van der Waals surface area contributed by atoms with Crippen LogP contribution in [-0.4, -0.2) is 30.0 Å². The van der Waals surface area contributed by atoms with Gasteiger partial charge in [-0.15, -0.1) is 0 Å². The molecule has 0 fully saturated rings. The minimum Gasteiger partial charge on any atom is -0.476 e. The van der Waals surface area contributed by atoms with Gasteiger partial charge in [0.1, 0.15) is 6.61 Å². The molecule has 0 saturated heterocycles. The van der Waals surface area contributed by atoms with Crippen LogP contribution in [-0.2, 0) is 0 Å². The van der Waals surface area contributed by atoms with Gasteiger partial charge in [0, 0.05) is 12.6 Å². The van der Waals surface area contributed by atoms with E-state index in [2.05, 4.69) is 10.4 Å². The molecule has 2 aromatic rings. The molecule has 1 N–H and O–H groups in total. The van der Waals surface area contributed by atoms with Gasteiger partial charge < -0.3 is 10.1 Å². The fraction of sp³-hybridized carbons (Fsp3) is 0.308. The number of para-hydroxylation sites is 1. The minimum absolute atomic E-state index is 0.633. The maximum Gasteiger partial charge on any atom is 0.216 e. The van der Waals surface area contributed by atoms with E-state index in [1.807, 2.05) is 55.1 Å². The first-order chi connectivity index (χ1) is 8.31. The topological polar surface area (TPSA) is 39.1 Å². The fourth-order valence-electron chi connectivity index (χ4n) is 1.59. The summed E-state index contributed by atoms with van der Waals surface area (Å²) in [6.45, 7) is 3.41. The summed E-state index contributed by atoms with van der Waals surface area (Å²) in [6.07, 6.45) is 0. The molecule has 0 atom stereocenters. The Hall–Kier alpha value is -1.81. The fourth-order valence-corrected chi connectivity index (χ4v) is 1.59. The van der Waals surface area contributed by atoms with Crippen molar-refractivity contribution in [2.24, 2.45) is 0 Å². The summed E-state index contributed by atoms with van der Waals surface area (Å²) in [7, 11) is 1.91. The first kappa shape index (κ1) is 11.7. The molecule has 2 rings (SSSR count). The van der Waals surface area contributed by atoms with E-state index in [0.717, 1.165) is 23.8 Å². The Morgan fingerprint density at radius 1 is 1.29 bits per heavy atom. The molecule has 90 valence electrons. The van der Waals surface area contributed by atoms with Crippen LogP contribution in [0.2, 0.25) is 0 Å². The number of nitrogens with one attached hydrogen (secondary N) is 1. The Bertz CT molecular complexity index is 465. The van der Waals surface area contributed by atoms with E-state index in [0.29, 0.717) is 6.61 Å². The standard InChI is InChI=1S/C13H17N3O/c1-11-10-13(17-9-8-14-2)16(15-11)12-6-4-3-5-7-12/h3-7,10,14H,8-9H2,1-2H3. The molecule has 0 aliphatic carbocycles. The highest BCUT2D eigenvalue weighted by molar-refractivity contribution is 5.35. The molecule has 1 heterocycles. The summed E-state index contributed by atoms with van der Waals surface area (Å²) in [5, 5.41) is 7.48. The number of aromatic nitrogens is 2. The van der Waals surface area contributed by atoms with Gasteiger partial charge >= 0.3 is 0 Å². The largest absolute Gasteiger partial charge is 0.476 e. The van der Waals surface area contributed by atoms with Gasteiger partial charge in [0.2, 0.25) is 5.88 Å². The smallest absolute Gasteiger partial charge is 0.216 e. The first-order valence-electron chi connectivity index (χ1n) is 5.71. The van der Waals surface area contributed by atoms with Gasteiger partial charge in [-0.05, 0) is 26.1 Å². The Morgan fingerprint density at radius 3 is 2.76 bits per heavy atom. The quantitative estimate of drug-likeness (QED) is 0.797. The summed E-state index contributed by atoms with van der Waals surface area (Å²) in [5.41, 5.74) is 1.97. The van der Waals surface area contributed by atoms with Crippen LogP contribution in [0.5, 0.6) is 5.88 Å². The Kier molecular flexibility index (Phi) is 3.77. The van der Waals surface area contributed by atoms with E-state index in [9.17, 15) is 0 Å². The molecule has 0 unspecified atom stereocenters. The SMILES string of the molecule is CNCCOc1cc(C)nn1-c1ccccc1. The minimum atomic E-state index is 0.633. The zero-order valence-electron chi connectivity index (χ0n) is 10.2. The van der Waals surface area contributed by atoms with Crippen molar-refractivity contribution in [3.63, 3.8) is 0 Å². The highest BCUT2D eigenvalue weighted by Gasteiger charge is 2.07. The van der Waals surface area contributed by atoms with Crippen LogP contribution in [0, 0.1) is 6.92 Å². The molecule has 0 saturated carbocycles. The van der Waals surface area contributed by atoms with Gasteiger partial charge in [-0.2, -0.15) is 5.10 Å². The predicted molar refractivity (Wildman–Crippen MR) is 67.7 cm³/mol. The van der Waals surface area contributed by atoms with Crippen molar-refractivity contribution in [1.29, 1.82) is 0 Å². The van der Waals surface area contributed by atoms with Crippen molar-refractivity contribution >= 4 is 0 Å². The van der Waals surface area contributed by atoms with Crippen LogP contribution in [0.3, 0.4) is 0 Å². The molecule has 17 heavy (non-hydrogen) atoms. The number of likely N-dealkylation sites (N-methyl/N-ethyl adjacent to an activating group) is 1. The molecule has 1 aromatic carbocycles. The van der Waals surface area contributed by atoms with E-state index in [-0.39, 0.29) is 0 Å². The molecule has 1 aromatic heterocycles. The summed E-state index contributed by atoms with van der Waals surface area (Å²) in [5.74, 6) is 0.781. The van der Waals surface area contributed by atoms with Gasteiger partial charge in [0.05, 0.1) is 11.4 Å². The molecular weight excluding hydrogens is 214 g/mol. The lowest BCUT2D eigenvalue weighted by Crippen LogP contribution is -2.17. The van der Waals surface area contributed by atoms with E-state index >= 15 is 0 Å². The van der Waals surface area contributed by atoms with E-state index in [1.54, 1.807) is 0 Å². The lowest BCUT2D eigenvalue weighted by Gasteiger charge is -2.08. The summed E-state index contributed by atoms with van der Waals surface area (Å²) in [6, 6.07) is 11.9. The van der Waals surface area contributed by atoms with Crippen molar-refractivity contribution < 1.29 is 4.74 Å². The molecule has 0 radical (unpaired) electrons. The zero-order valence-corrected chi connectivity index (χ0v) is 10.2. The molecular formula is C13H17N3O. The number of hydrogen-bond acceptors (Lipinski definition) is 3. The molecule has 0 bridgehead atoms. The average molecular weight is 231 g/mol. The Balaban J connectivity index is 2.22. The van der Waals surface area contributed by atoms with Crippen LogP contribution in [0.4, 0.5) is 0 Å². The Morgan fingerprint density at radius 2 is 2.06 bits per heavy atom. The van der Waals surface area contributed by atoms with Crippen molar-refractivity contribution in [3.05, 3.63) is 42.1 Å². The van der Waals surface area contributed by atoms with E-state index in [4.69, 9.17) is 4.74 Å². The summed E-state index contributed by atoms with van der Waals surface area (Å²) < 4.78 is 7.52. The second-order valence-electron chi connectivity index (χ2n) is 3.82. The number of rotatable bonds is 5. The molecule has 0 amide bonds. The highest BCUT2D eigenvalue weighted by Crippen LogP contribution is 2.18. The second kappa shape index (κ2) is 5.50. The number of nitrogens with zero attached hydrogens (tertiary/aromatic N) is 2. The molecule has 4 nitrogen and oxygen atoms in total. The van der Waals surface area contributed by atoms with Crippen LogP contribution in [0.25, 0.3) is 5.69 Å². The number of benzene rings is 1. The van der Waals surface area contributed by atoms with Gasteiger partial charge in [-0.3, -0.25) is 0 Å². The van der Waals surface area contributed by atoms with Crippen molar-refractivity contribution in [2.75, 3.05) is 20.2 Å². The maximum absolute atomic E-state index is 5.69. The van der Waals surface area contributed by atoms with Gasteiger partial charge in [0.25, 0.3) is 0 Å². The number of hydrogen-bond donors (Lipinski definition) is 1. The van der Waals surface area contributed by atoms with Crippen LogP contribution < -0.4 is 10.1 Å². The third-order valence-corrected chi connectivity index (χ3v) is 2.40. The van der Waals surface area contributed by atoms with Crippen molar-refractivity contribution in [1.82, 2.24) is 15.1 Å². The van der Waals surface area contributed by atoms with Crippen LogP contribution in [0.1, 0.15) is 5.69 Å².